The molecule has 0 aliphatic carbocycles. The van der Waals surface area contributed by atoms with E-state index in [1.54, 1.807) is 6.07 Å². The number of aromatic carboxylic acids is 1. The number of thiocarbonyl (C=S) groups is 1. The van der Waals surface area contributed by atoms with Crippen molar-refractivity contribution >= 4 is 52.2 Å². The Balaban J connectivity index is 2.39. The normalized spacial score (nSPS) is 17.9. The van der Waals surface area contributed by atoms with Crippen LogP contribution in [0.5, 0.6) is 0 Å². The van der Waals surface area contributed by atoms with Crippen molar-refractivity contribution in [2.24, 2.45) is 0 Å². The van der Waals surface area contributed by atoms with Crippen molar-refractivity contribution in [1.29, 1.82) is 0 Å². The van der Waals surface area contributed by atoms with Crippen molar-refractivity contribution in [1.82, 2.24) is 4.90 Å². The van der Waals surface area contributed by atoms with Gasteiger partial charge in [0.25, 0.3) is 5.91 Å². The van der Waals surface area contributed by atoms with Gasteiger partial charge in [0.2, 0.25) is 0 Å². The molecule has 0 saturated carbocycles. The zero-order valence-corrected chi connectivity index (χ0v) is 12.9. The molecule has 2 rings (SSSR count). The molecule has 114 valence electrons. The van der Waals surface area contributed by atoms with Gasteiger partial charge in [-0.15, -0.1) is 0 Å². The number of hydrogen-bond acceptors (Lipinski definition) is 7. The van der Waals surface area contributed by atoms with Crippen molar-refractivity contribution < 1.29 is 24.6 Å². The number of carbonyl (C=O) groups excluding carboxylic acids is 3. The molecule has 0 aromatic heterocycles. The minimum Gasteiger partial charge on any atom is -0.548 e. The highest BCUT2D eigenvalue weighted by atomic mass is 32.2. The number of carbonyl (C=O) groups is 3. The molecule has 0 unspecified atom stereocenters. The number of thioether (sulfide) groups is 1. The van der Waals surface area contributed by atoms with Gasteiger partial charge in [-0.25, -0.2) is 0 Å². The van der Waals surface area contributed by atoms with Crippen LogP contribution in [0.3, 0.4) is 0 Å². The van der Waals surface area contributed by atoms with E-state index in [0.717, 1.165) is 16.7 Å². The van der Waals surface area contributed by atoms with E-state index in [4.69, 9.17) is 12.2 Å². The van der Waals surface area contributed by atoms with Gasteiger partial charge in [0.1, 0.15) is 4.32 Å². The molecule has 1 saturated heterocycles. The zero-order valence-electron chi connectivity index (χ0n) is 11.3. The summed E-state index contributed by atoms with van der Waals surface area (Å²) >= 11 is 5.91. The second-order valence-electron chi connectivity index (χ2n) is 4.42. The summed E-state index contributed by atoms with van der Waals surface area (Å²) in [5, 5.41) is 22.0. The minimum absolute atomic E-state index is 0.0688. The predicted molar refractivity (Wildman–Crippen MR) is 80.3 cm³/mol. The van der Waals surface area contributed by atoms with Crippen molar-refractivity contribution in [2.45, 2.75) is 13.0 Å². The standard InChI is InChI=1S/C14H11NO5S2/c1-7(12(17)18)15-11(16)10(22-14(15)21)6-8-4-2-3-5-9(8)13(19)20/h2-7H,1H3,(H,17,18)(H,19,20)/p-2/b10-6+/t7-/m1/s1. The Labute approximate surface area is 135 Å². The molecule has 0 N–H and O–H groups in total. The topological polar surface area (TPSA) is 101 Å². The summed E-state index contributed by atoms with van der Waals surface area (Å²) in [6.45, 7) is 1.29. The molecule has 1 atom stereocenters. The third-order valence-electron chi connectivity index (χ3n) is 3.02. The lowest BCUT2D eigenvalue weighted by molar-refractivity contribution is -0.309. The maximum absolute atomic E-state index is 12.2. The molecular formula is C14H9NO5S2-2. The maximum atomic E-state index is 12.2. The van der Waals surface area contributed by atoms with Gasteiger partial charge in [-0.2, -0.15) is 0 Å². The lowest BCUT2D eigenvalue weighted by atomic mass is 10.1. The Kier molecular flexibility index (Phi) is 4.62. The first-order chi connectivity index (χ1) is 10.3. The van der Waals surface area contributed by atoms with Crippen molar-refractivity contribution in [3.63, 3.8) is 0 Å². The molecule has 1 aromatic rings. The Morgan fingerprint density at radius 1 is 1.32 bits per heavy atom. The van der Waals surface area contributed by atoms with Crippen LogP contribution in [0.25, 0.3) is 6.08 Å². The van der Waals surface area contributed by atoms with Crippen LogP contribution in [-0.4, -0.2) is 33.1 Å². The van der Waals surface area contributed by atoms with E-state index in [1.807, 2.05) is 0 Å². The number of nitrogens with zero attached hydrogens (tertiary/aromatic N) is 1. The summed E-state index contributed by atoms with van der Waals surface area (Å²) < 4.78 is 0.0823. The Morgan fingerprint density at radius 3 is 2.55 bits per heavy atom. The molecule has 6 nitrogen and oxygen atoms in total. The molecule has 8 heteroatoms. The number of hydrogen-bond donors (Lipinski definition) is 0. The SMILES string of the molecule is C[C@H](C(=O)[O-])N1C(=O)/C(=C\c2ccccc2C(=O)[O-])SC1=S. The highest BCUT2D eigenvalue weighted by Crippen LogP contribution is 2.34. The van der Waals surface area contributed by atoms with Gasteiger partial charge >= 0.3 is 0 Å². The first kappa shape index (κ1) is 16.2. The molecular weight excluding hydrogens is 326 g/mol. The zero-order chi connectivity index (χ0) is 16.4. The molecule has 0 spiro atoms. The van der Waals surface area contributed by atoms with Gasteiger partial charge in [-0.3, -0.25) is 9.69 Å². The Hall–Kier alpha value is -2.19. The summed E-state index contributed by atoms with van der Waals surface area (Å²) in [5.74, 6) is -3.39. The molecule has 22 heavy (non-hydrogen) atoms. The molecule has 1 amide bonds. The highest BCUT2D eigenvalue weighted by Gasteiger charge is 2.35. The highest BCUT2D eigenvalue weighted by molar-refractivity contribution is 8.26. The number of benzene rings is 1. The summed E-state index contributed by atoms with van der Waals surface area (Å²) in [4.78, 5) is 35.3. The van der Waals surface area contributed by atoms with Crippen LogP contribution in [0.4, 0.5) is 0 Å². The molecule has 1 heterocycles. The Morgan fingerprint density at radius 2 is 1.95 bits per heavy atom. The third-order valence-corrected chi connectivity index (χ3v) is 4.35. The van der Waals surface area contributed by atoms with Gasteiger partial charge in [-0.05, 0) is 18.6 Å². The van der Waals surface area contributed by atoms with E-state index >= 15 is 0 Å². The molecule has 1 aromatic carbocycles. The Bertz CT molecular complexity index is 713. The average molecular weight is 335 g/mol. The van der Waals surface area contributed by atoms with Crippen molar-refractivity contribution in [3.8, 4) is 0 Å². The molecule has 0 bridgehead atoms. The van der Waals surface area contributed by atoms with Crippen LogP contribution in [-0.2, 0) is 9.59 Å². The summed E-state index contributed by atoms with van der Waals surface area (Å²) in [6, 6.07) is 4.81. The third kappa shape index (κ3) is 3.02. The molecule has 1 aliphatic rings. The van der Waals surface area contributed by atoms with E-state index in [1.165, 1.54) is 31.2 Å². The largest absolute Gasteiger partial charge is 0.548 e. The number of carboxylic acid groups (broad SMARTS) is 2. The average Bonchev–Trinajstić information content (AvgIpc) is 2.73. The lowest BCUT2D eigenvalue weighted by Gasteiger charge is -2.23. The maximum Gasteiger partial charge on any atom is 0.266 e. The van der Waals surface area contributed by atoms with Crippen LogP contribution in [0.2, 0.25) is 0 Å². The summed E-state index contributed by atoms with van der Waals surface area (Å²) in [6.07, 6.45) is 1.35. The van der Waals surface area contributed by atoms with Crippen molar-refractivity contribution in [3.05, 3.63) is 40.3 Å². The van der Waals surface area contributed by atoms with Crippen LogP contribution in [0.1, 0.15) is 22.8 Å². The monoisotopic (exact) mass is 335 g/mol. The molecule has 0 radical (unpaired) electrons. The molecule has 1 aliphatic heterocycles. The van der Waals surface area contributed by atoms with E-state index < -0.39 is 23.9 Å². The quantitative estimate of drug-likeness (QED) is 0.534. The first-order valence-corrected chi connectivity index (χ1v) is 7.33. The van der Waals surface area contributed by atoms with Crippen molar-refractivity contribution in [2.75, 3.05) is 0 Å². The van der Waals surface area contributed by atoms with Crippen LogP contribution < -0.4 is 10.2 Å². The number of carboxylic acids is 2. The smallest absolute Gasteiger partial charge is 0.266 e. The predicted octanol–water partition coefficient (Wildman–Crippen LogP) is -0.610. The second-order valence-corrected chi connectivity index (χ2v) is 6.10. The number of rotatable bonds is 4. The number of amides is 1. The van der Waals surface area contributed by atoms with E-state index in [9.17, 15) is 24.6 Å². The summed E-state index contributed by atoms with van der Waals surface area (Å²) in [7, 11) is 0. The minimum atomic E-state index is -1.42. The fourth-order valence-corrected chi connectivity index (χ4v) is 3.28. The van der Waals surface area contributed by atoms with E-state index in [-0.39, 0.29) is 20.4 Å². The van der Waals surface area contributed by atoms with Crippen LogP contribution >= 0.6 is 24.0 Å². The lowest BCUT2D eigenvalue weighted by Crippen LogP contribution is -2.48. The summed E-state index contributed by atoms with van der Waals surface area (Å²) in [5.41, 5.74) is 0.213. The number of aliphatic carboxylic acids is 1. The van der Waals surface area contributed by atoms with Gasteiger partial charge in [0.15, 0.2) is 0 Å². The van der Waals surface area contributed by atoms with Gasteiger partial charge < -0.3 is 19.8 Å². The molecule has 1 fully saturated rings. The van der Waals surface area contributed by atoms with E-state index in [2.05, 4.69) is 0 Å². The van der Waals surface area contributed by atoms with Crippen LogP contribution in [0.15, 0.2) is 29.2 Å². The van der Waals surface area contributed by atoms with E-state index in [0.29, 0.717) is 0 Å². The fraction of sp³-hybridized carbons (Fsp3) is 0.143. The van der Waals surface area contributed by atoms with Gasteiger partial charge in [0, 0.05) is 5.56 Å². The van der Waals surface area contributed by atoms with Gasteiger partial charge in [0.05, 0.1) is 22.9 Å². The van der Waals surface area contributed by atoms with Crippen LogP contribution in [0, 0.1) is 0 Å². The van der Waals surface area contributed by atoms with Gasteiger partial charge in [-0.1, -0.05) is 48.2 Å². The first-order valence-electron chi connectivity index (χ1n) is 6.11. The second kappa shape index (κ2) is 6.29. The fourth-order valence-electron chi connectivity index (χ4n) is 1.87.